The summed E-state index contributed by atoms with van der Waals surface area (Å²) in [6.07, 6.45) is 0. The Morgan fingerprint density at radius 1 is 1.15 bits per heavy atom. The number of fused-ring (bicyclic) bond motifs is 1. The van der Waals surface area contributed by atoms with Crippen LogP contribution in [0.1, 0.15) is 11.1 Å². The van der Waals surface area contributed by atoms with Crippen LogP contribution in [0.5, 0.6) is 0 Å². The van der Waals surface area contributed by atoms with Gasteiger partial charge < -0.3 is 5.73 Å². The SMILES string of the molecule is Cc1cc(C)c2nc(N)ccc2c1. The molecule has 0 unspecified atom stereocenters. The molecule has 1 aromatic carbocycles. The molecule has 1 heterocycles. The number of hydrogen-bond donors (Lipinski definition) is 1. The van der Waals surface area contributed by atoms with Crippen molar-refractivity contribution in [3.8, 4) is 0 Å². The number of aromatic nitrogens is 1. The number of rotatable bonds is 0. The second kappa shape index (κ2) is 2.73. The first-order valence-electron chi connectivity index (χ1n) is 4.30. The van der Waals surface area contributed by atoms with Gasteiger partial charge in [0.1, 0.15) is 5.82 Å². The summed E-state index contributed by atoms with van der Waals surface area (Å²) in [5.41, 5.74) is 9.07. The Labute approximate surface area is 77.4 Å². The molecule has 0 spiro atoms. The molecule has 0 saturated carbocycles. The maximum Gasteiger partial charge on any atom is 0.124 e. The van der Waals surface area contributed by atoms with Gasteiger partial charge in [-0.05, 0) is 37.6 Å². The van der Waals surface area contributed by atoms with Gasteiger partial charge in [-0.1, -0.05) is 11.6 Å². The molecule has 2 nitrogen and oxygen atoms in total. The molecule has 0 atom stereocenters. The van der Waals surface area contributed by atoms with Gasteiger partial charge in [0.2, 0.25) is 0 Å². The van der Waals surface area contributed by atoms with E-state index in [1.807, 2.05) is 12.1 Å². The summed E-state index contributed by atoms with van der Waals surface area (Å²) in [7, 11) is 0. The van der Waals surface area contributed by atoms with E-state index < -0.39 is 0 Å². The molecular formula is C11H12N2. The third-order valence-corrected chi connectivity index (χ3v) is 2.15. The van der Waals surface area contributed by atoms with Crippen molar-refractivity contribution in [2.75, 3.05) is 5.73 Å². The molecule has 0 amide bonds. The van der Waals surface area contributed by atoms with E-state index >= 15 is 0 Å². The van der Waals surface area contributed by atoms with Gasteiger partial charge in [0.15, 0.2) is 0 Å². The van der Waals surface area contributed by atoms with Gasteiger partial charge in [-0.2, -0.15) is 0 Å². The van der Waals surface area contributed by atoms with Crippen molar-refractivity contribution in [1.82, 2.24) is 4.98 Å². The molecule has 0 saturated heterocycles. The first kappa shape index (κ1) is 8.05. The van der Waals surface area contributed by atoms with Crippen molar-refractivity contribution in [1.29, 1.82) is 0 Å². The molecule has 0 aliphatic rings. The zero-order valence-electron chi connectivity index (χ0n) is 7.83. The summed E-state index contributed by atoms with van der Waals surface area (Å²) in [6, 6.07) is 8.09. The first-order chi connectivity index (χ1) is 6.16. The molecule has 0 bridgehead atoms. The van der Waals surface area contributed by atoms with Crippen LogP contribution < -0.4 is 5.73 Å². The zero-order valence-corrected chi connectivity index (χ0v) is 7.83. The lowest BCUT2D eigenvalue weighted by atomic mass is 10.1. The number of pyridine rings is 1. The predicted octanol–water partition coefficient (Wildman–Crippen LogP) is 2.43. The lowest BCUT2D eigenvalue weighted by molar-refractivity contribution is 1.34. The predicted molar refractivity (Wildman–Crippen MR) is 55.6 cm³/mol. The summed E-state index contributed by atoms with van der Waals surface area (Å²) in [6.45, 7) is 4.14. The van der Waals surface area contributed by atoms with Crippen LogP contribution >= 0.6 is 0 Å². The zero-order chi connectivity index (χ0) is 9.42. The number of aryl methyl sites for hydroxylation is 2. The molecule has 2 heteroatoms. The largest absolute Gasteiger partial charge is 0.384 e. The fraction of sp³-hybridized carbons (Fsp3) is 0.182. The molecule has 1 aromatic heterocycles. The number of nitrogen functional groups attached to an aromatic ring is 1. The van der Waals surface area contributed by atoms with Crippen molar-refractivity contribution in [2.45, 2.75) is 13.8 Å². The highest BCUT2D eigenvalue weighted by Crippen LogP contribution is 2.19. The molecule has 66 valence electrons. The van der Waals surface area contributed by atoms with Crippen molar-refractivity contribution in [2.24, 2.45) is 0 Å². The second-order valence-electron chi connectivity index (χ2n) is 3.39. The van der Waals surface area contributed by atoms with E-state index in [1.165, 1.54) is 11.1 Å². The topological polar surface area (TPSA) is 38.9 Å². The van der Waals surface area contributed by atoms with Crippen LogP contribution in [0, 0.1) is 13.8 Å². The fourth-order valence-electron chi connectivity index (χ4n) is 1.61. The Kier molecular flexibility index (Phi) is 1.69. The fourth-order valence-corrected chi connectivity index (χ4v) is 1.61. The van der Waals surface area contributed by atoms with Crippen molar-refractivity contribution in [3.05, 3.63) is 35.4 Å². The third kappa shape index (κ3) is 1.35. The average Bonchev–Trinajstić information content (AvgIpc) is 2.06. The lowest BCUT2D eigenvalue weighted by Crippen LogP contribution is -1.91. The van der Waals surface area contributed by atoms with Crippen LogP contribution in [0.3, 0.4) is 0 Å². The molecule has 0 radical (unpaired) electrons. The monoisotopic (exact) mass is 172 g/mol. The Morgan fingerprint density at radius 2 is 1.92 bits per heavy atom. The number of nitrogens with zero attached hydrogens (tertiary/aromatic N) is 1. The van der Waals surface area contributed by atoms with E-state index in [0.717, 1.165) is 10.9 Å². The lowest BCUT2D eigenvalue weighted by Gasteiger charge is -2.03. The quantitative estimate of drug-likeness (QED) is 0.662. The van der Waals surface area contributed by atoms with Gasteiger partial charge in [-0.15, -0.1) is 0 Å². The molecular weight excluding hydrogens is 160 g/mol. The van der Waals surface area contributed by atoms with Crippen molar-refractivity contribution in [3.63, 3.8) is 0 Å². The van der Waals surface area contributed by atoms with Gasteiger partial charge in [0, 0.05) is 5.39 Å². The maximum absolute atomic E-state index is 5.62. The minimum Gasteiger partial charge on any atom is -0.384 e. The smallest absolute Gasteiger partial charge is 0.124 e. The van der Waals surface area contributed by atoms with Gasteiger partial charge in [-0.25, -0.2) is 4.98 Å². The molecule has 2 rings (SSSR count). The minimum absolute atomic E-state index is 0.583. The van der Waals surface area contributed by atoms with Crippen molar-refractivity contribution < 1.29 is 0 Å². The minimum atomic E-state index is 0.583. The van der Waals surface area contributed by atoms with Crippen LogP contribution in [0.4, 0.5) is 5.82 Å². The standard InChI is InChI=1S/C11H12N2/c1-7-5-8(2)11-9(6-7)3-4-10(12)13-11/h3-6H,1-2H3,(H2,12,13). The molecule has 0 fully saturated rings. The Hall–Kier alpha value is -1.57. The number of anilines is 1. The summed E-state index contributed by atoms with van der Waals surface area (Å²) in [4.78, 5) is 4.29. The van der Waals surface area contributed by atoms with Crippen LogP contribution in [0.2, 0.25) is 0 Å². The summed E-state index contributed by atoms with van der Waals surface area (Å²) >= 11 is 0. The highest BCUT2D eigenvalue weighted by molar-refractivity contribution is 5.83. The van der Waals surface area contributed by atoms with E-state index in [2.05, 4.69) is 31.0 Å². The first-order valence-corrected chi connectivity index (χ1v) is 4.30. The van der Waals surface area contributed by atoms with E-state index in [-0.39, 0.29) is 0 Å². The summed E-state index contributed by atoms with van der Waals surface area (Å²) in [5.74, 6) is 0.583. The van der Waals surface area contributed by atoms with E-state index in [1.54, 1.807) is 0 Å². The van der Waals surface area contributed by atoms with Gasteiger partial charge in [-0.3, -0.25) is 0 Å². The molecule has 2 aromatic rings. The van der Waals surface area contributed by atoms with Gasteiger partial charge in [0.05, 0.1) is 5.52 Å². The second-order valence-corrected chi connectivity index (χ2v) is 3.39. The van der Waals surface area contributed by atoms with E-state index in [0.29, 0.717) is 5.82 Å². The van der Waals surface area contributed by atoms with E-state index in [9.17, 15) is 0 Å². The highest BCUT2D eigenvalue weighted by Gasteiger charge is 1.99. The summed E-state index contributed by atoms with van der Waals surface area (Å²) < 4.78 is 0. The highest BCUT2D eigenvalue weighted by atomic mass is 14.8. The van der Waals surface area contributed by atoms with Crippen LogP contribution in [-0.4, -0.2) is 4.98 Å². The molecule has 2 N–H and O–H groups in total. The van der Waals surface area contributed by atoms with Crippen molar-refractivity contribution >= 4 is 16.7 Å². The molecule has 0 aliphatic carbocycles. The van der Waals surface area contributed by atoms with Gasteiger partial charge in [0.25, 0.3) is 0 Å². The Morgan fingerprint density at radius 3 is 2.69 bits per heavy atom. The normalized spacial score (nSPS) is 10.6. The van der Waals surface area contributed by atoms with Crippen LogP contribution in [0.15, 0.2) is 24.3 Å². The number of nitrogens with two attached hydrogens (primary N) is 1. The number of benzene rings is 1. The summed E-state index contributed by atoms with van der Waals surface area (Å²) in [5, 5.41) is 1.16. The Balaban J connectivity index is 2.87. The molecule has 0 aliphatic heterocycles. The van der Waals surface area contributed by atoms with Gasteiger partial charge >= 0.3 is 0 Å². The number of hydrogen-bond acceptors (Lipinski definition) is 2. The third-order valence-electron chi connectivity index (χ3n) is 2.15. The molecule has 13 heavy (non-hydrogen) atoms. The van der Waals surface area contributed by atoms with Crippen LogP contribution in [-0.2, 0) is 0 Å². The Bertz CT molecular complexity index is 461. The average molecular weight is 172 g/mol. The maximum atomic E-state index is 5.62. The van der Waals surface area contributed by atoms with Crippen LogP contribution in [0.25, 0.3) is 10.9 Å². The van der Waals surface area contributed by atoms with E-state index in [4.69, 9.17) is 5.73 Å².